The number of hydrogen-bond donors (Lipinski definition) is 1. The van der Waals surface area contributed by atoms with Crippen LogP contribution in [0.2, 0.25) is 33.0 Å². The molecule has 1 N–H and O–H groups in total. The van der Waals surface area contributed by atoms with Gasteiger partial charge in [-0.15, -0.1) is 0 Å². The number of hydrogen-bond acceptors (Lipinski definition) is 1. The second kappa shape index (κ2) is 11.5. The van der Waals surface area contributed by atoms with Gasteiger partial charge < -0.3 is 0 Å². The van der Waals surface area contributed by atoms with Crippen LogP contribution in [0.4, 0.5) is 0 Å². The summed E-state index contributed by atoms with van der Waals surface area (Å²) in [5, 5.41) is 11.4. The predicted octanol–water partition coefficient (Wildman–Crippen LogP) is 7.59. The molecule has 0 saturated carbocycles. The standard InChI is InChI=1S/C10H21OSi.3C4H9.Sn/c1-10(2,3)9(11)7-8-12(4,5)6;3*1-3-4-2;/h8-9,11H,1-6H3;3*1,3-4H2,2H3;. The first-order chi connectivity index (χ1) is 11.4. The average molecular weight is 475 g/mol. The van der Waals surface area contributed by atoms with Gasteiger partial charge in [0.05, 0.1) is 0 Å². The molecule has 1 atom stereocenters. The molecule has 1 unspecified atom stereocenters. The van der Waals surface area contributed by atoms with Crippen LogP contribution in [-0.4, -0.2) is 37.7 Å². The van der Waals surface area contributed by atoms with Gasteiger partial charge in [-0.25, -0.2) is 0 Å². The molecule has 25 heavy (non-hydrogen) atoms. The molecule has 0 aliphatic rings. The van der Waals surface area contributed by atoms with E-state index in [1.165, 1.54) is 51.8 Å². The van der Waals surface area contributed by atoms with Gasteiger partial charge in [0.1, 0.15) is 0 Å². The maximum atomic E-state index is 11.4. The number of aliphatic hydroxyl groups is 1. The van der Waals surface area contributed by atoms with Crippen LogP contribution in [0, 0.1) is 5.41 Å². The Labute approximate surface area is 165 Å². The van der Waals surface area contributed by atoms with E-state index in [-0.39, 0.29) is 11.5 Å². The van der Waals surface area contributed by atoms with E-state index in [4.69, 9.17) is 0 Å². The summed E-state index contributed by atoms with van der Waals surface area (Å²) < 4.78 is 5.97. The fourth-order valence-corrected chi connectivity index (χ4v) is 27.9. The van der Waals surface area contributed by atoms with Crippen LogP contribution in [0.1, 0.15) is 80.1 Å². The van der Waals surface area contributed by atoms with Crippen molar-refractivity contribution in [3.05, 3.63) is 9.29 Å². The van der Waals surface area contributed by atoms with E-state index in [0.717, 1.165) is 0 Å². The zero-order valence-corrected chi connectivity index (χ0v) is 22.8. The summed E-state index contributed by atoms with van der Waals surface area (Å²) in [4.78, 5) is 0. The fourth-order valence-electron chi connectivity index (χ4n) is 3.81. The molecule has 0 saturated heterocycles. The van der Waals surface area contributed by atoms with E-state index >= 15 is 0 Å². The summed E-state index contributed by atoms with van der Waals surface area (Å²) in [6.07, 6.45) is 7.74. The second-order valence-corrected chi connectivity index (χ2v) is 28.6. The molecular formula is C22H48OSiSn. The third-order valence-electron chi connectivity index (χ3n) is 5.34. The van der Waals surface area contributed by atoms with Crippen molar-refractivity contribution in [1.82, 2.24) is 0 Å². The molecule has 0 aromatic carbocycles. The van der Waals surface area contributed by atoms with Crippen molar-refractivity contribution in [1.29, 1.82) is 0 Å². The number of rotatable bonds is 12. The molecule has 0 rings (SSSR count). The van der Waals surface area contributed by atoms with Gasteiger partial charge in [-0.1, -0.05) is 0 Å². The van der Waals surface area contributed by atoms with E-state index in [0.29, 0.717) is 0 Å². The van der Waals surface area contributed by atoms with Crippen molar-refractivity contribution in [2.24, 2.45) is 5.41 Å². The maximum absolute atomic E-state index is 11.4. The molecule has 150 valence electrons. The van der Waals surface area contributed by atoms with Gasteiger partial charge in [0.25, 0.3) is 0 Å². The van der Waals surface area contributed by atoms with Crippen LogP contribution in [0.3, 0.4) is 0 Å². The minimum absolute atomic E-state index is 0.0434. The molecule has 0 aromatic rings. The van der Waals surface area contributed by atoms with Crippen molar-refractivity contribution >= 4 is 26.5 Å². The van der Waals surface area contributed by atoms with Gasteiger partial charge in [0.15, 0.2) is 0 Å². The van der Waals surface area contributed by atoms with Gasteiger partial charge in [-0.05, 0) is 0 Å². The molecule has 0 aliphatic heterocycles. The molecule has 3 heteroatoms. The summed E-state index contributed by atoms with van der Waals surface area (Å²) in [6.45, 7) is 21.0. The molecule has 0 radical (unpaired) electrons. The Hall–Kier alpha value is 0.716. The first-order valence-electron chi connectivity index (χ1n) is 10.8. The minimum atomic E-state index is -2.56. The van der Waals surface area contributed by atoms with Gasteiger partial charge in [-0.3, -0.25) is 0 Å². The predicted molar refractivity (Wildman–Crippen MR) is 122 cm³/mol. The Bertz CT molecular complexity index is 368. The van der Waals surface area contributed by atoms with Gasteiger partial charge in [-0.2, -0.15) is 0 Å². The molecule has 0 aliphatic carbocycles. The summed E-state index contributed by atoms with van der Waals surface area (Å²) in [5.41, 5.74) is 2.61. The zero-order valence-electron chi connectivity index (χ0n) is 19.0. The topological polar surface area (TPSA) is 20.2 Å². The van der Waals surface area contributed by atoms with Crippen molar-refractivity contribution in [3.8, 4) is 0 Å². The monoisotopic (exact) mass is 476 g/mol. The number of unbranched alkanes of at least 4 members (excludes halogenated alkanes) is 3. The van der Waals surface area contributed by atoms with Crippen LogP contribution >= 0.6 is 0 Å². The molecular weight excluding hydrogens is 427 g/mol. The van der Waals surface area contributed by atoms with E-state index in [9.17, 15) is 5.11 Å². The summed E-state index contributed by atoms with van der Waals surface area (Å²) >= 11 is -2.56. The summed E-state index contributed by atoms with van der Waals surface area (Å²) in [6, 6.07) is 0. The first-order valence-corrected chi connectivity index (χ1v) is 21.9. The molecule has 0 spiro atoms. The van der Waals surface area contributed by atoms with E-state index in [1.54, 1.807) is 3.59 Å². The van der Waals surface area contributed by atoms with Crippen LogP contribution in [-0.2, 0) is 0 Å². The molecule has 1 nitrogen and oxygen atoms in total. The van der Waals surface area contributed by atoms with Crippen molar-refractivity contribution in [2.45, 2.75) is 119 Å². The SMILES string of the molecule is CCC[CH2][Sn]([CH2]CCC)([CH2]CCC)/[C](=C\[Si](C)(C)C)C(O)C(C)(C)C. The van der Waals surface area contributed by atoms with E-state index in [1.807, 2.05) is 0 Å². The third-order valence-corrected chi connectivity index (χ3v) is 23.3. The zero-order chi connectivity index (χ0) is 19.7. The Morgan fingerprint density at radius 2 is 1.24 bits per heavy atom. The molecule has 0 bridgehead atoms. The molecule has 0 amide bonds. The Morgan fingerprint density at radius 1 is 0.880 bits per heavy atom. The van der Waals surface area contributed by atoms with Crippen LogP contribution < -0.4 is 0 Å². The van der Waals surface area contributed by atoms with E-state index < -0.39 is 26.5 Å². The van der Waals surface area contributed by atoms with Gasteiger partial charge >= 0.3 is 165 Å². The molecule has 0 heterocycles. The summed E-state index contributed by atoms with van der Waals surface area (Å²) in [7, 11) is -1.36. The molecule has 0 aromatic heterocycles. The van der Waals surface area contributed by atoms with Crippen LogP contribution in [0.15, 0.2) is 9.29 Å². The van der Waals surface area contributed by atoms with Crippen molar-refractivity contribution < 1.29 is 5.11 Å². The average Bonchev–Trinajstić information content (AvgIpc) is 2.50. The Morgan fingerprint density at radius 3 is 1.48 bits per heavy atom. The van der Waals surface area contributed by atoms with E-state index in [2.05, 4.69) is 66.9 Å². The normalized spacial score (nSPS) is 15.5. The van der Waals surface area contributed by atoms with Gasteiger partial charge in [0, 0.05) is 0 Å². The Balaban J connectivity index is 6.20. The third kappa shape index (κ3) is 9.46. The first kappa shape index (κ1) is 25.7. The van der Waals surface area contributed by atoms with Gasteiger partial charge in [0.2, 0.25) is 0 Å². The second-order valence-electron chi connectivity index (χ2n) is 10.3. The quantitative estimate of drug-likeness (QED) is 0.289. The molecule has 0 fully saturated rings. The van der Waals surface area contributed by atoms with Crippen molar-refractivity contribution in [2.75, 3.05) is 0 Å². The fraction of sp³-hybridized carbons (Fsp3) is 0.909. The number of aliphatic hydroxyl groups excluding tert-OH is 1. The summed E-state index contributed by atoms with van der Waals surface area (Å²) in [5.74, 6) is 0. The van der Waals surface area contributed by atoms with Crippen molar-refractivity contribution in [3.63, 3.8) is 0 Å². The van der Waals surface area contributed by atoms with Crippen LogP contribution in [0.5, 0.6) is 0 Å². The van der Waals surface area contributed by atoms with Crippen LogP contribution in [0.25, 0.3) is 0 Å². The Kier molecular flexibility index (Phi) is 11.9.